The van der Waals surface area contributed by atoms with Crippen molar-refractivity contribution in [1.29, 1.82) is 0 Å². The second kappa shape index (κ2) is 12.7. The van der Waals surface area contributed by atoms with E-state index in [0.29, 0.717) is 5.41 Å². The fourth-order valence-corrected chi connectivity index (χ4v) is 15.6. The van der Waals surface area contributed by atoms with Gasteiger partial charge in [-0.2, -0.15) is 6.07 Å². The maximum atomic E-state index is 2.51. The van der Waals surface area contributed by atoms with E-state index in [1.165, 1.54) is 77.2 Å². The molecule has 0 amide bonds. The van der Waals surface area contributed by atoms with Gasteiger partial charge in [-0.25, -0.2) is 0 Å². The van der Waals surface area contributed by atoms with Crippen LogP contribution in [0.15, 0.2) is 103 Å². The van der Waals surface area contributed by atoms with Gasteiger partial charge in [-0.3, -0.25) is 0 Å². The Morgan fingerprint density at radius 2 is 1.38 bits per heavy atom. The smallest absolute Gasteiger partial charge is 1.00 e. The number of aryl methyl sites for hydroxylation is 1. The summed E-state index contributed by atoms with van der Waals surface area (Å²) in [6, 6.07) is 34.1. The van der Waals surface area contributed by atoms with E-state index in [2.05, 4.69) is 129 Å². The maximum absolute atomic E-state index is 2.51. The Morgan fingerprint density at radius 1 is 0.745 bits per heavy atom. The molecule has 0 N–H and O–H groups in total. The molecule has 4 saturated carbocycles. The summed E-state index contributed by atoms with van der Waals surface area (Å²) in [6.07, 6.45) is 11.2. The first-order valence-electron chi connectivity index (χ1n) is 17.1. The van der Waals surface area contributed by atoms with Gasteiger partial charge >= 0.3 is 26.2 Å². The van der Waals surface area contributed by atoms with E-state index in [1.807, 2.05) is 0 Å². The van der Waals surface area contributed by atoms with Gasteiger partial charge in [-0.05, 0) is 104 Å². The molecule has 12 rings (SSSR count). The summed E-state index contributed by atoms with van der Waals surface area (Å²) in [5, 5.41) is 4.48. The summed E-state index contributed by atoms with van der Waals surface area (Å²) in [6.45, 7) is 9.54. The minimum atomic E-state index is -1.17. The van der Waals surface area contributed by atoms with Crippen molar-refractivity contribution in [2.75, 3.05) is 0 Å². The van der Waals surface area contributed by atoms with E-state index in [1.54, 1.807) is 22.0 Å². The predicted molar refractivity (Wildman–Crippen MR) is 188 cm³/mol. The Balaban J connectivity index is 0.000000163. The second-order valence-electron chi connectivity index (χ2n) is 15.6. The third-order valence-electron chi connectivity index (χ3n) is 12.4. The zero-order valence-electron chi connectivity index (χ0n) is 28.0. The number of halogens is 2. The van der Waals surface area contributed by atoms with Crippen LogP contribution < -0.4 is 24.8 Å². The van der Waals surface area contributed by atoms with Crippen LogP contribution in [-0.4, -0.2) is 12.6 Å². The minimum absolute atomic E-state index is 0. The van der Waals surface area contributed by atoms with Crippen LogP contribution in [0.3, 0.4) is 0 Å². The van der Waals surface area contributed by atoms with Crippen LogP contribution in [0.1, 0.15) is 73.4 Å². The number of para-hydroxylation sites is 1. The largest absolute Gasteiger partial charge is 3.00 e. The molecule has 239 valence electrons. The number of aromatic nitrogens is 1. The fourth-order valence-electron chi connectivity index (χ4n) is 11.2. The van der Waals surface area contributed by atoms with Crippen molar-refractivity contribution >= 4 is 24.0 Å². The van der Waals surface area contributed by atoms with Crippen LogP contribution in [0.4, 0.5) is 0 Å². The van der Waals surface area contributed by atoms with Gasteiger partial charge in [-0.1, -0.05) is 84.9 Å². The summed E-state index contributed by atoms with van der Waals surface area (Å²) < 4.78 is 2.40. The molecule has 3 heterocycles. The van der Waals surface area contributed by atoms with Crippen molar-refractivity contribution < 1.29 is 51.0 Å². The fraction of sp³-hybridized carbons (Fsp3) is 0.357. The topological polar surface area (TPSA) is 4.93 Å². The van der Waals surface area contributed by atoms with Crippen molar-refractivity contribution in [3.8, 4) is 16.8 Å². The van der Waals surface area contributed by atoms with Crippen LogP contribution in [0.25, 0.3) is 32.8 Å². The molecule has 1 unspecified atom stereocenters. The van der Waals surface area contributed by atoms with Gasteiger partial charge in [0, 0.05) is 23.1 Å². The number of allylic oxidation sites excluding steroid dienone is 1. The van der Waals surface area contributed by atoms with Crippen LogP contribution in [0.2, 0.25) is 13.1 Å². The molecule has 1 aromatic heterocycles. The van der Waals surface area contributed by atoms with Crippen molar-refractivity contribution in [2.24, 2.45) is 17.8 Å². The van der Waals surface area contributed by atoms with E-state index in [9.17, 15) is 0 Å². The molecule has 2 aliphatic heterocycles. The first-order valence-corrected chi connectivity index (χ1v) is 20.1. The molecule has 4 fully saturated rings. The molecule has 5 heteroatoms. The summed E-state index contributed by atoms with van der Waals surface area (Å²) in [4.78, 5) is 0. The third-order valence-corrected chi connectivity index (χ3v) is 16.5. The summed E-state index contributed by atoms with van der Waals surface area (Å²) >= 11 is 0. The van der Waals surface area contributed by atoms with Crippen molar-refractivity contribution in [1.82, 2.24) is 4.57 Å². The normalized spacial score (nSPS) is 26.7. The molecular formula is C42H44Cl2NSiZr. The molecule has 47 heavy (non-hydrogen) atoms. The number of fused-ring (bicyclic) bond motifs is 1. The Morgan fingerprint density at radius 3 is 2.00 bits per heavy atom. The Labute approximate surface area is 313 Å². The van der Waals surface area contributed by atoms with Gasteiger partial charge in [0.1, 0.15) is 0 Å². The van der Waals surface area contributed by atoms with Gasteiger partial charge < -0.3 is 29.4 Å². The predicted octanol–water partition coefficient (Wildman–Crippen LogP) is 5.16. The molecular weight excluding hydrogens is 709 g/mol. The van der Waals surface area contributed by atoms with Gasteiger partial charge in [0.2, 0.25) is 0 Å². The average Bonchev–Trinajstić information content (AvgIpc) is 3.73. The summed E-state index contributed by atoms with van der Waals surface area (Å²) in [7, 11) is -1.17. The summed E-state index contributed by atoms with van der Waals surface area (Å²) in [5.74, 6) is 3.05. The van der Waals surface area contributed by atoms with Crippen molar-refractivity contribution in [3.05, 3.63) is 125 Å². The van der Waals surface area contributed by atoms with E-state index in [-0.39, 0.29) is 51.0 Å². The number of benzene rings is 3. The van der Waals surface area contributed by atoms with Gasteiger partial charge in [0.05, 0.1) is 8.07 Å². The number of nitrogens with zero attached hydrogens (tertiary/aromatic N) is 1. The van der Waals surface area contributed by atoms with Crippen LogP contribution in [-0.2, 0) is 31.6 Å². The summed E-state index contributed by atoms with van der Waals surface area (Å²) in [5.41, 5.74) is 13.0. The van der Waals surface area contributed by atoms with Gasteiger partial charge in [0.15, 0.2) is 0 Å². The Hall–Kier alpha value is -2.03. The second-order valence-corrected chi connectivity index (χ2v) is 20.2. The van der Waals surface area contributed by atoms with Gasteiger partial charge in [-0.15, -0.1) is 34.5 Å². The molecule has 5 aliphatic carbocycles. The maximum Gasteiger partial charge on any atom is 3.00 e. The first-order chi connectivity index (χ1) is 21.3. The molecule has 0 spiro atoms. The Bertz CT molecular complexity index is 1910. The number of hydrogen-bond acceptors (Lipinski definition) is 0. The molecule has 1 radical (unpaired) electrons. The molecule has 0 saturated heterocycles. The zero-order valence-corrected chi connectivity index (χ0v) is 33.0. The van der Waals surface area contributed by atoms with Crippen molar-refractivity contribution in [3.63, 3.8) is 0 Å². The van der Waals surface area contributed by atoms with Crippen LogP contribution >= 0.6 is 0 Å². The first kappa shape index (κ1) is 34.8. The van der Waals surface area contributed by atoms with E-state index in [4.69, 9.17) is 0 Å². The van der Waals surface area contributed by atoms with Gasteiger partial charge in [0.25, 0.3) is 0 Å². The molecule has 6 bridgehead atoms. The van der Waals surface area contributed by atoms with E-state index >= 15 is 0 Å². The molecule has 1 nitrogen and oxygen atoms in total. The van der Waals surface area contributed by atoms with Crippen molar-refractivity contribution in [2.45, 2.75) is 76.4 Å². The quantitative estimate of drug-likeness (QED) is 0.178. The van der Waals surface area contributed by atoms with Crippen LogP contribution in [0, 0.1) is 24.7 Å². The standard InChI is InChI=1S/C26H27.C16H17NSi.2ClH.Zr/c1-17-9-22-3-2-4-24(25(22)10-17)21-5-7-23(8-6-21)26-14-18-11-19(15-26)13-20(12-18)16-26;1-11-15-13-9-10-17(12-7-5-4-6-8-12)14(13)16(11)18(15,2)3;;;/h2-10,18-20H,11-16H2,1H3;4-10,16H,1-3H3;2*1H;/q-1;;;;+3/p-2. The zero-order chi connectivity index (χ0) is 29.8. The SMILES string of the molecule is CC1=C2c3ccn(-c4ccccc4)c3C1[Si]2(C)C.Cc1cc2c(-c3ccc(C45CC6CC(CC(C6)C4)C5)cc3)cccc2[cH-]1.[Cl-].[Cl-].[Zr+3]. The van der Waals surface area contributed by atoms with E-state index < -0.39 is 8.07 Å². The van der Waals surface area contributed by atoms with Crippen LogP contribution in [0.5, 0.6) is 0 Å². The molecule has 5 aromatic rings. The third kappa shape index (κ3) is 5.38. The Kier molecular flexibility index (Phi) is 9.40. The number of hydrogen-bond donors (Lipinski definition) is 0. The minimum Gasteiger partial charge on any atom is -1.00 e. The monoisotopic (exact) mass is 750 g/mol. The molecule has 4 aromatic carbocycles. The number of rotatable bonds is 3. The molecule has 1 atom stereocenters. The van der Waals surface area contributed by atoms with E-state index in [0.717, 1.165) is 23.3 Å². The molecule has 7 aliphatic rings. The average molecular weight is 753 g/mol.